The molecule has 8 N–H and O–H groups in total. The van der Waals surface area contributed by atoms with E-state index in [1.54, 1.807) is 56.3 Å². The van der Waals surface area contributed by atoms with Gasteiger partial charge in [-0.2, -0.15) is 13.6 Å². The summed E-state index contributed by atoms with van der Waals surface area (Å²) in [4.78, 5) is 93.3. The lowest BCUT2D eigenvalue weighted by atomic mass is 9.90. The molecule has 0 saturated carbocycles. The number of phosphoric acid groups is 3. The molecule has 34 heteroatoms. The molecule has 410 valence electrons. The number of fused-ring (bicyclic) bond motifs is 2. The van der Waals surface area contributed by atoms with Crippen molar-refractivity contribution in [3.63, 3.8) is 0 Å². The number of phosphoric ester groups is 1. The Kier molecular flexibility index (Phi) is 20.0. The quantitative estimate of drug-likeness (QED) is 0.0109. The highest BCUT2D eigenvalue weighted by Crippen LogP contribution is 2.66. The molecule has 0 aliphatic carbocycles. The Morgan fingerprint density at radius 2 is 1.86 bits per heavy atom. The number of aromatic nitrogens is 3. The molecule has 28 nitrogen and oxygen atoms in total. The smallest absolute Gasteiger partial charge is 0.491 e. The average molecular weight is 1130 g/mol. The maximum absolute atomic E-state index is 15.7. The van der Waals surface area contributed by atoms with E-state index in [4.69, 9.17) is 40.0 Å². The number of amides is 2. The van der Waals surface area contributed by atoms with E-state index in [1.807, 2.05) is 0 Å². The third-order valence-electron chi connectivity index (χ3n) is 11.2. The van der Waals surface area contributed by atoms with Crippen molar-refractivity contribution in [1.29, 1.82) is 0 Å². The molecule has 3 aliphatic heterocycles. The van der Waals surface area contributed by atoms with Crippen LogP contribution in [0, 0.1) is 25.7 Å². The molecule has 3 aromatic rings. The molecule has 2 aromatic heterocycles. The van der Waals surface area contributed by atoms with Gasteiger partial charge in [-0.05, 0) is 74.2 Å². The van der Waals surface area contributed by atoms with Gasteiger partial charge < -0.3 is 72.5 Å². The average Bonchev–Trinajstić information content (AvgIpc) is 4.06. The second kappa shape index (κ2) is 25.8. The number of halogens is 2. The number of ether oxygens (including phenoxy) is 4. The zero-order chi connectivity index (χ0) is 55.4. The highest BCUT2D eigenvalue weighted by atomic mass is 31.3. The van der Waals surface area contributed by atoms with Crippen molar-refractivity contribution < 1.29 is 92.9 Å². The van der Waals surface area contributed by atoms with Crippen molar-refractivity contribution in [2.24, 2.45) is 5.11 Å². The second-order valence-corrected chi connectivity index (χ2v) is 21.3. The van der Waals surface area contributed by atoms with Crippen LogP contribution in [-0.2, 0) is 50.6 Å². The first-order valence-corrected chi connectivity index (χ1v) is 27.5. The summed E-state index contributed by atoms with van der Waals surface area (Å²) in [6, 6.07) is 7.88. The van der Waals surface area contributed by atoms with Crippen LogP contribution in [0.5, 0.6) is 5.75 Å². The minimum Gasteiger partial charge on any atom is -0.491 e. The van der Waals surface area contributed by atoms with E-state index in [-0.39, 0.29) is 93.5 Å². The third kappa shape index (κ3) is 16.7. The summed E-state index contributed by atoms with van der Waals surface area (Å²) in [5.41, 5.74) is 16.8. The van der Waals surface area contributed by atoms with Gasteiger partial charge in [-0.15, -0.1) is 0 Å². The van der Waals surface area contributed by atoms with E-state index in [0.717, 1.165) is 19.1 Å². The molecule has 6 rings (SSSR count). The SMILES string of the molecule is Cc1cc(C)n2c1C=C1C=CC(CCC(=O)CCCNC(=O)c3cccc(OCC(N=[N+]=[N-])OCCOCC(=O)NCC#Cc4cn([C@H]5CC[C@@H](COP(=O)(O)OP(=O)(O)OP(=O)(O)O)O5)c(=O)nc4N)c3)=[N+]1[B-]2(F)F. The largest absolute Gasteiger partial charge is 0.737 e. The zero-order valence-corrected chi connectivity index (χ0v) is 43.2. The highest BCUT2D eigenvalue weighted by Gasteiger charge is 2.52. The minimum atomic E-state index is -5.72. The maximum atomic E-state index is 15.7. The van der Waals surface area contributed by atoms with Gasteiger partial charge >= 0.3 is 36.1 Å². The van der Waals surface area contributed by atoms with Crippen LogP contribution in [0.15, 0.2) is 64.3 Å². The number of carbonyl (C=O) groups excluding carboxylic acids is 3. The van der Waals surface area contributed by atoms with Crippen molar-refractivity contribution >= 4 is 65.6 Å². The summed E-state index contributed by atoms with van der Waals surface area (Å²) >= 11 is 0. The number of aryl methyl sites for hydroxylation is 2. The first-order valence-electron chi connectivity index (χ1n) is 22.9. The number of nitrogens with one attached hydrogen (secondary N) is 2. The van der Waals surface area contributed by atoms with Gasteiger partial charge in [0.25, 0.3) is 5.91 Å². The van der Waals surface area contributed by atoms with Crippen molar-refractivity contribution in [3.8, 4) is 17.6 Å². The minimum absolute atomic E-state index is 0.0623. The summed E-state index contributed by atoms with van der Waals surface area (Å²) in [5.74, 6) is 4.19. The lowest BCUT2D eigenvalue weighted by Gasteiger charge is -2.30. The summed E-state index contributed by atoms with van der Waals surface area (Å²) in [7, 11) is -16.7. The molecule has 1 fully saturated rings. The summed E-state index contributed by atoms with van der Waals surface area (Å²) < 4.78 is 103. The van der Waals surface area contributed by atoms with Gasteiger partial charge in [0.2, 0.25) is 5.91 Å². The van der Waals surface area contributed by atoms with Gasteiger partial charge in [0.15, 0.2) is 11.9 Å². The lowest BCUT2D eigenvalue weighted by molar-refractivity contribution is -0.362. The Morgan fingerprint density at radius 3 is 2.61 bits per heavy atom. The predicted molar refractivity (Wildman–Crippen MR) is 263 cm³/mol. The molecule has 3 unspecified atom stereocenters. The number of benzene rings is 1. The molecule has 2 amide bonds. The fraction of sp³-hybridized carbons (Fsp3) is 0.429. The number of nitrogens with two attached hydrogens (primary N) is 1. The van der Waals surface area contributed by atoms with Gasteiger partial charge in [0.05, 0.1) is 38.0 Å². The van der Waals surface area contributed by atoms with Crippen LogP contribution in [0.4, 0.5) is 14.4 Å². The number of Topliss-reactive ketones (excluding diaryl/α,β-unsaturated/α-hetero) is 1. The molecule has 0 bridgehead atoms. The van der Waals surface area contributed by atoms with E-state index >= 15 is 8.63 Å². The van der Waals surface area contributed by atoms with Crippen LogP contribution in [0.3, 0.4) is 0 Å². The molecule has 5 atom stereocenters. The molecule has 3 aliphatic rings. The monoisotopic (exact) mass is 1130 g/mol. The van der Waals surface area contributed by atoms with Crippen LogP contribution < -0.4 is 26.8 Å². The second-order valence-electron chi connectivity index (χ2n) is 16.9. The van der Waals surface area contributed by atoms with Crippen LogP contribution >= 0.6 is 23.5 Å². The Balaban J connectivity index is 0.849. The van der Waals surface area contributed by atoms with E-state index < -0.39 is 79.7 Å². The Hall–Kier alpha value is -6.18. The molecule has 1 aromatic carbocycles. The molecular formula is C42H52BF2N10O18P3. The van der Waals surface area contributed by atoms with Gasteiger partial charge in [-0.1, -0.05) is 23.0 Å². The number of carbonyl (C=O) groups is 3. The number of anilines is 1. The molecule has 5 heterocycles. The maximum Gasteiger partial charge on any atom is 0.737 e. The van der Waals surface area contributed by atoms with Crippen molar-refractivity contribution in [2.75, 3.05) is 51.9 Å². The number of rotatable bonds is 27. The topological polar surface area (TPSA) is 390 Å². The summed E-state index contributed by atoms with van der Waals surface area (Å²) in [6.45, 7) is -2.32. The first-order chi connectivity index (χ1) is 35.8. The molecule has 1 saturated heterocycles. The van der Waals surface area contributed by atoms with Crippen molar-refractivity contribution in [2.45, 2.75) is 70.9 Å². The van der Waals surface area contributed by atoms with Crippen LogP contribution in [0.2, 0.25) is 0 Å². The van der Waals surface area contributed by atoms with Crippen LogP contribution in [0.1, 0.15) is 77.6 Å². The van der Waals surface area contributed by atoms with Crippen molar-refractivity contribution in [3.05, 3.63) is 103 Å². The fourth-order valence-corrected chi connectivity index (χ4v) is 11.0. The van der Waals surface area contributed by atoms with Gasteiger partial charge in [0, 0.05) is 66.4 Å². The van der Waals surface area contributed by atoms with E-state index in [1.165, 1.54) is 12.3 Å². The number of nitrogens with zero attached hydrogens (tertiary/aromatic N) is 7. The number of azide groups is 1. The van der Waals surface area contributed by atoms with Crippen LogP contribution in [-0.4, -0.2) is 127 Å². The van der Waals surface area contributed by atoms with E-state index in [2.05, 4.69) is 50.6 Å². The highest BCUT2D eigenvalue weighted by molar-refractivity contribution is 7.66. The first kappa shape index (κ1) is 59.1. The van der Waals surface area contributed by atoms with Gasteiger partial charge in [0.1, 0.15) is 42.5 Å². The Labute approximate surface area is 431 Å². The number of hydrogen-bond donors (Lipinski definition) is 7. The Bertz CT molecular complexity index is 3130. The lowest BCUT2D eigenvalue weighted by Crippen LogP contribution is -2.50. The molecule has 0 spiro atoms. The number of allylic oxidation sites excluding steroid dienone is 2. The zero-order valence-electron chi connectivity index (χ0n) is 40.5. The van der Waals surface area contributed by atoms with E-state index in [9.17, 15) is 42.7 Å². The summed E-state index contributed by atoms with van der Waals surface area (Å²) in [6.07, 6.45) is 4.07. The number of hydrogen-bond acceptors (Lipinski definition) is 17. The predicted octanol–water partition coefficient (Wildman–Crippen LogP) is 3.64. The standard InChI is InChI=1S/C42H52BF2N10O18P3/c1-27-20-28(2)54-36(27)22-32-11-10-31(55(32)43(54,44)45)12-13-33(56)8-5-17-49-41(58)29-6-3-9-34(21-29)69-26-38(51-52-47)68-19-18-67-25-37(57)48-16-4-7-30-23-53(42(59)50-40(30)46)39-15-14-35(71-39)24-70-75(63,64)73-76(65,66)72-74(60,61)62/h3,6,9-11,20-23,35,38-39H,5,8,12-19,24-26H2,1-2H3,(H,48,57)(H,49,58)(H,63,64)(H,65,66)(H2,46,50,59)(H2,60,61,62)/t35-,38?,39+/m0/s1. The summed E-state index contributed by atoms with van der Waals surface area (Å²) in [5, 5.41) is 8.78. The normalized spacial score (nSPS) is 18.4. The number of nitrogen functional groups attached to an aromatic ring is 1. The van der Waals surface area contributed by atoms with E-state index in [0.29, 0.717) is 29.2 Å². The fourth-order valence-electron chi connectivity index (χ4n) is 7.97. The van der Waals surface area contributed by atoms with Crippen molar-refractivity contribution in [1.82, 2.24) is 24.7 Å². The third-order valence-corrected chi connectivity index (χ3v) is 15.0. The molecule has 76 heavy (non-hydrogen) atoms. The van der Waals surface area contributed by atoms with Gasteiger partial charge in [-0.25, -0.2) is 18.5 Å². The van der Waals surface area contributed by atoms with Crippen LogP contribution in [0.25, 0.3) is 16.5 Å². The Morgan fingerprint density at radius 1 is 1.08 bits per heavy atom. The molecular weight excluding hydrogens is 1070 g/mol. The van der Waals surface area contributed by atoms with Gasteiger partial charge in [-0.3, -0.25) is 23.5 Å². The molecule has 0 radical (unpaired) electrons. The number of ketones is 1.